The number of anilines is 2. The average Bonchev–Trinajstić information content (AvgIpc) is 3.28. The standard InChI is InChI=1S/C26H28N8O2/c1-15-22(8-21(11-27-15)30-24(35)14-34-4-3-16-5-19(16)13-34)32-26(36)18-6-17-7-23(31-25(17)28-9-18)20-10-29-33(2)12-20/h6-12,16,19H,3-5,13-14H2,1-2H3,(H,28,31)(H,30,35)(H,32,36). The molecular weight excluding hydrogens is 456 g/mol. The highest BCUT2D eigenvalue weighted by Crippen LogP contribution is 2.44. The minimum Gasteiger partial charge on any atom is -0.339 e. The van der Waals surface area contributed by atoms with Crippen LogP contribution in [0.1, 0.15) is 28.9 Å². The number of nitrogens with one attached hydrogen (secondary N) is 3. The highest BCUT2D eigenvalue weighted by Gasteiger charge is 2.41. The molecule has 1 saturated heterocycles. The van der Waals surface area contributed by atoms with Crippen LogP contribution in [0.4, 0.5) is 11.4 Å². The van der Waals surface area contributed by atoms with Gasteiger partial charge in [0.05, 0.1) is 47.3 Å². The Morgan fingerprint density at radius 2 is 2.00 bits per heavy atom. The number of amides is 2. The van der Waals surface area contributed by atoms with Crippen LogP contribution in [-0.2, 0) is 11.8 Å². The summed E-state index contributed by atoms with van der Waals surface area (Å²) in [4.78, 5) is 39.9. The smallest absolute Gasteiger partial charge is 0.257 e. The molecule has 184 valence electrons. The van der Waals surface area contributed by atoms with Crippen molar-refractivity contribution in [2.75, 3.05) is 30.3 Å². The molecule has 6 rings (SSSR count). The van der Waals surface area contributed by atoms with Crippen molar-refractivity contribution in [3.63, 3.8) is 0 Å². The number of fused-ring (bicyclic) bond motifs is 2. The summed E-state index contributed by atoms with van der Waals surface area (Å²) in [5.41, 5.74) is 4.71. The van der Waals surface area contributed by atoms with Crippen molar-refractivity contribution in [2.45, 2.75) is 19.8 Å². The van der Waals surface area contributed by atoms with Crippen LogP contribution in [0.3, 0.4) is 0 Å². The van der Waals surface area contributed by atoms with Gasteiger partial charge in [0, 0.05) is 36.9 Å². The molecular formula is C26H28N8O2. The number of likely N-dealkylation sites (tertiary alicyclic amines) is 1. The van der Waals surface area contributed by atoms with E-state index in [0.717, 1.165) is 41.6 Å². The second-order valence-electron chi connectivity index (χ2n) is 9.89. The van der Waals surface area contributed by atoms with E-state index < -0.39 is 0 Å². The van der Waals surface area contributed by atoms with Gasteiger partial charge in [-0.05, 0) is 56.3 Å². The maximum absolute atomic E-state index is 13.0. The molecule has 5 heterocycles. The third-order valence-electron chi connectivity index (χ3n) is 7.11. The Morgan fingerprint density at radius 3 is 2.81 bits per heavy atom. The molecule has 0 radical (unpaired) electrons. The fourth-order valence-electron chi connectivity index (χ4n) is 4.98. The average molecular weight is 485 g/mol. The summed E-state index contributed by atoms with van der Waals surface area (Å²) in [6.07, 6.45) is 9.33. The molecule has 2 atom stereocenters. The molecule has 36 heavy (non-hydrogen) atoms. The summed E-state index contributed by atoms with van der Waals surface area (Å²) in [7, 11) is 1.86. The Morgan fingerprint density at radius 1 is 1.11 bits per heavy atom. The summed E-state index contributed by atoms with van der Waals surface area (Å²) < 4.78 is 1.73. The molecule has 4 aromatic rings. The molecule has 10 heteroatoms. The van der Waals surface area contributed by atoms with Crippen LogP contribution in [0, 0.1) is 18.8 Å². The van der Waals surface area contributed by atoms with Gasteiger partial charge in [0.15, 0.2) is 0 Å². The molecule has 4 aromatic heterocycles. The van der Waals surface area contributed by atoms with E-state index in [1.165, 1.54) is 12.8 Å². The summed E-state index contributed by atoms with van der Waals surface area (Å²) >= 11 is 0. The Labute approximate surface area is 208 Å². The van der Waals surface area contributed by atoms with E-state index in [4.69, 9.17) is 0 Å². The van der Waals surface area contributed by atoms with Gasteiger partial charge in [-0.15, -0.1) is 0 Å². The SMILES string of the molecule is Cc1ncc(NC(=O)CN2CCC3CC3C2)cc1NC(=O)c1cnc2[nH]c(-c3cnn(C)c3)cc2c1. The summed E-state index contributed by atoms with van der Waals surface area (Å²) in [6, 6.07) is 5.49. The fourth-order valence-corrected chi connectivity index (χ4v) is 4.98. The van der Waals surface area contributed by atoms with Gasteiger partial charge in [-0.2, -0.15) is 5.10 Å². The van der Waals surface area contributed by atoms with Crippen LogP contribution in [-0.4, -0.2) is 61.1 Å². The summed E-state index contributed by atoms with van der Waals surface area (Å²) in [5.74, 6) is 1.29. The number of carbonyl (C=O) groups is 2. The van der Waals surface area contributed by atoms with Gasteiger partial charge in [0.25, 0.3) is 5.91 Å². The van der Waals surface area contributed by atoms with E-state index in [-0.39, 0.29) is 11.8 Å². The van der Waals surface area contributed by atoms with Crippen molar-refractivity contribution in [1.82, 2.24) is 29.6 Å². The number of H-pyrrole nitrogens is 1. The molecule has 2 amide bonds. The number of aromatic amines is 1. The first kappa shape index (κ1) is 22.4. The Balaban J connectivity index is 1.13. The predicted molar refractivity (Wildman–Crippen MR) is 137 cm³/mol. The van der Waals surface area contributed by atoms with Crippen LogP contribution in [0.15, 0.2) is 43.0 Å². The van der Waals surface area contributed by atoms with Gasteiger partial charge in [-0.25, -0.2) is 4.98 Å². The minimum atomic E-state index is -0.297. The van der Waals surface area contributed by atoms with Gasteiger partial charge in [0.2, 0.25) is 5.91 Å². The Kier molecular flexibility index (Phi) is 5.52. The molecule has 2 fully saturated rings. The third kappa shape index (κ3) is 4.59. The molecule has 0 bridgehead atoms. The first-order valence-corrected chi connectivity index (χ1v) is 12.2. The van der Waals surface area contributed by atoms with Crippen LogP contribution in [0.5, 0.6) is 0 Å². The largest absolute Gasteiger partial charge is 0.339 e. The number of rotatable bonds is 6. The number of carbonyl (C=O) groups excluding carboxylic acids is 2. The predicted octanol–water partition coefficient (Wildman–Crippen LogP) is 3.20. The zero-order chi connectivity index (χ0) is 24.8. The zero-order valence-electron chi connectivity index (χ0n) is 20.3. The van der Waals surface area contributed by atoms with E-state index >= 15 is 0 Å². The van der Waals surface area contributed by atoms with Gasteiger partial charge >= 0.3 is 0 Å². The number of nitrogens with zero attached hydrogens (tertiary/aromatic N) is 5. The number of hydrogen-bond acceptors (Lipinski definition) is 6. The quantitative estimate of drug-likeness (QED) is 0.387. The van der Waals surface area contributed by atoms with E-state index in [0.29, 0.717) is 34.8 Å². The zero-order valence-corrected chi connectivity index (χ0v) is 20.3. The van der Waals surface area contributed by atoms with Crippen molar-refractivity contribution >= 4 is 34.2 Å². The molecule has 1 aliphatic carbocycles. The second kappa shape index (κ2) is 8.87. The van der Waals surface area contributed by atoms with E-state index in [9.17, 15) is 9.59 Å². The second-order valence-corrected chi connectivity index (χ2v) is 9.89. The Hall–Kier alpha value is -4.05. The van der Waals surface area contributed by atoms with Crippen molar-refractivity contribution in [3.8, 4) is 11.3 Å². The van der Waals surface area contributed by atoms with Gasteiger partial charge in [0.1, 0.15) is 5.65 Å². The lowest BCUT2D eigenvalue weighted by Crippen LogP contribution is -2.38. The topological polar surface area (TPSA) is 121 Å². The lowest BCUT2D eigenvalue weighted by Gasteiger charge is -2.25. The molecule has 1 aliphatic heterocycles. The summed E-state index contributed by atoms with van der Waals surface area (Å²) in [5, 5.41) is 10.9. The van der Waals surface area contributed by atoms with Crippen molar-refractivity contribution in [3.05, 3.63) is 54.2 Å². The highest BCUT2D eigenvalue weighted by molar-refractivity contribution is 6.06. The molecule has 1 saturated carbocycles. The van der Waals surface area contributed by atoms with Gasteiger partial charge in [-0.1, -0.05) is 0 Å². The first-order chi connectivity index (χ1) is 17.4. The maximum atomic E-state index is 13.0. The van der Waals surface area contributed by atoms with E-state index in [1.54, 1.807) is 35.4 Å². The van der Waals surface area contributed by atoms with E-state index in [1.807, 2.05) is 26.2 Å². The van der Waals surface area contributed by atoms with Crippen molar-refractivity contribution in [1.29, 1.82) is 0 Å². The normalized spacial score (nSPS) is 19.2. The van der Waals surface area contributed by atoms with Crippen molar-refractivity contribution < 1.29 is 9.59 Å². The lowest BCUT2D eigenvalue weighted by molar-refractivity contribution is -0.117. The maximum Gasteiger partial charge on any atom is 0.257 e. The van der Waals surface area contributed by atoms with Gasteiger partial charge in [-0.3, -0.25) is 24.2 Å². The molecule has 3 N–H and O–H groups in total. The molecule has 0 spiro atoms. The molecule has 10 nitrogen and oxygen atoms in total. The number of aryl methyl sites for hydroxylation is 2. The molecule has 2 aliphatic rings. The van der Waals surface area contributed by atoms with Gasteiger partial charge < -0.3 is 15.6 Å². The third-order valence-corrected chi connectivity index (χ3v) is 7.11. The number of pyridine rings is 2. The van der Waals surface area contributed by atoms with Crippen LogP contribution in [0.2, 0.25) is 0 Å². The van der Waals surface area contributed by atoms with Crippen molar-refractivity contribution in [2.24, 2.45) is 18.9 Å². The highest BCUT2D eigenvalue weighted by atomic mass is 16.2. The number of piperidine rings is 1. The van der Waals surface area contributed by atoms with Crippen LogP contribution in [0.25, 0.3) is 22.3 Å². The number of hydrogen-bond donors (Lipinski definition) is 3. The monoisotopic (exact) mass is 484 g/mol. The van der Waals surface area contributed by atoms with E-state index in [2.05, 4.69) is 35.6 Å². The van der Waals surface area contributed by atoms with Crippen LogP contribution < -0.4 is 10.6 Å². The molecule has 0 aromatic carbocycles. The number of aromatic nitrogens is 5. The summed E-state index contributed by atoms with van der Waals surface area (Å²) in [6.45, 7) is 4.18. The lowest BCUT2D eigenvalue weighted by atomic mass is 10.1. The fraction of sp³-hybridized carbons (Fsp3) is 0.346. The first-order valence-electron chi connectivity index (χ1n) is 12.2. The van der Waals surface area contributed by atoms with Crippen LogP contribution >= 0.6 is 0 Å². The molecule has 2 unspecified atom stereocenters. The Bertz CT molecular complexity index is 1470. The minimum absolute atomic E-state index is 0.0661.